The molecule has 0 fully saturated rings. The Balaban J connectivity index is 2.49. The van der Waals surface area contributed by atoms with Crippen LogP contribution in [0.5, 0.6) is 5.75 Å². The fraction of sp³-hybridized carbons (Fsp3) is 0.385. The highest BCUT2D eigenvalue weighted by atomic mass is 35.5. The van der Waals surface area contributed by atoms with Gasteiger partial charge in [0, 0.05) is 18.7 Å². The first-order valence-corrected chi connectivity index (χ1v) is 6.36. The number of nitrogens with one attached hydrogen (secondary N) is 1. The number of nitrogens with zero attached hydrogens (tertiary/aromatic N) is 1. The van der Waals surface area contributed by atoms with Gasteiger partial charge in [-0.3, -0.25) is 10.1 Å². The van der Waals surface area contributed by atoms with Gasteiger partial charge >= 0.3 is 0 Å². The van der Waals surface area contributed by atoms with E-state index in [4.69, 9.17) is 16.3 Å². The number of hydrogen-bond donors (Lipinski definition) is 1. The van der Waals surface area contributed by atoms with E-state index in [0.717, 1.165) is 18.5 Å². The van der Waals surface area contributed by atoms with E-state index in [0.29, 0.717) is 18.9 Å². The molecule has 0 amide bonds. The predicted molar refractivity (Wildman–Crippen MR) is 75.9 cm³/mol. The third-order valence-corrected chi connectivity index (χ3v) is 2.66. The molecule has 0 aliphatic heterocycles. The Labute approximate surface area is 117 Å². The fourth-order valence-electron chi connectivity index (χ4n) is 1.39. The van der Waals surface area contributed by atoms with Crippen LogP contribution in [0.3, 0.4) is 0 Å². The van der Waals surface area contributed by atoms with Gasteiger partial charge in [0.1, 0.15) is 12.4 Å². The summed E-state index contributed by atoms with van der Waals surface area (Å²) in [4.78, 5) is 10.1. The molecule has 6 heteroatoms. The molecule has 1 aromatic rings. The first kappa shape index (κ1) is 15.5. The van der Waals surface area contributed by atoms with Crippen molar-refractivity contribution in [1.82, 2.24) is 5.32 Å². The predicted octanol–water partition coefficient (Wildman–Crippen LogP) is 3.18. The van der Waals surface area contributed by atoms with Crippen LogP contribution in [-0.4, -0.2) is 24.6 Å². The van der Waals surface area contributed by atoms with Crippen LogP contribution in [0.1, 0.15) is 13.3 Å². The minimum atomic E-state index is -0.497. The molecule has 0 bridgehead atoms. The summed E-state index contributed by atoms with van der Waals surface area (Å²) >= 11 is 5.91. The van der Waals surface area contributed by atoms with Gasteiger partial charge < -0.3 is 10.1 Å². The summed E-state index contributed by atoms with van der Waals surface area (Å²) < 4.78 is 5.47. The first-order valence-electron chi connectivity index (χ1n) is 5.98. The van der Waals surface area contributed by atoms with E-state index in [2.05, 4.69) is 18.8 Å². The lowest BCUT2D eigenvalue weighted by Crippen LogP contribution is -2.20. The lowest BCUT2D eigenvalue weighted by molar-refractivity contribution is -0.384. The summed E-state index contributed by atoms with van der Waals surface area (Å²) in [5, 5.41) is 14.0. The van der Waals surface area contributed by atoms with Crippen molar-refractivity contribution < 1.29 is 9.66 Å². The molecule has 0 aliphatic rings. The van der Waals surface area contributed by atoms with E-state index in [1.165, 1.54) is 18.2 Å². The van der Waals surface area contributed by atoms with Crippen molar-refractivity contribution >= 4 is 17.3 Å². The Hall–Kier alpha value is -1.59. The molecule has 0 saturated heterocycles. The number of rotatable bonds is 8. The van der Waals surface area contributed by atoms with Crippen LogP contribution >= 0.6 is 11.6 Å². The zero-order valence-corrected chi connectivity index (χ0v) is 11.6. The van der Waals surface area contributed by atoms with Crippen LogP contribution in [0.25, 0.3) is 0 Å². The fourth-order valence-corrected chi connectivity index (χ4v) is 1.62. The topological polar surface area (TPSA) is 64.4 Å². The first-order chi connectivity index (χ1) is 9.04. The Morgan fingerprint density at radius 1 is 1.58 bits per heavy atom. The maximum absolute atomic E-state index is 10.6. The largest absolute Gasteiger partial charge is 0.488 e. The Bertz CT molecular complexity index is 463. The molecule has 1 N–H and O–H groups in total. The standard InChI is InChI=1S/C13H17ClN2O3/c1-3-6-15-8-10(2)9-19-13-5-4-11(16(17)18)7-12(13)14/h4-5,7,15H,2-3,6,8-9H2,1H3. The van der Waals surface area contributed by atoms with Crippen molar-refractivity contribution in [3.63, 3.8) is 0 Å². The highest BCUT2D eigenvalue weighted by Gasteiger charge is 2.10. The Morgan fingerprint density at radius 3 is 2.89 bits per heavy atom. The van der Waals surface area contributed by atoms with Gasteiger partial charge in [0.15, 0.2) is 0 Å². The van der Waals surface area contributed by atoms with E-state index in [9.17, 15) is 10.1 Å². The summed E-state index contributed by atoms with van der Waals surface area (Å²) in [5.74, 6) is 0.420. The number of ether oxygens (including phenoxy) is 1. The van der Waals surface area contributed by atoms with Gasteiger partial charge in [-0.05, 0) is 24.6 Å². The molecule has 0 heterocycles. The van der Waals surface area contributed by atoms with Gasteiger partial charge in [-0.2, -0.15) is 0 Å². The molecule has 1 aromatic carbocycles. The Kier molecular flexibility index (Phi) is 6.32. The maximum Gasteiger partial charge on any atom is 0.271 e. The van der Waals surface area contributed by atoms with Crippen LogP contribution in [-0.2, 0) is 0 Å². The monoisotopic (exact) mass is 284 g/mol. The smallest absolute Gasteiger partial charge is 0.271 e. The summed E-state index contributed by atoms with van der Waals surface area (Å²) in [5.41, 5.74) is 0.837. The van der Waals surface area contributed by atoms with Gasteiger partial charge in [0.05, 0.1) is 9.95 Å². The van der Waals surface area contributed by atoms with Crippen LogP contribution in [0.15, 0.2) is 30.4 Å². The van der Waals surface area contributed by atoms with Gasteiger partial charge in [0.25, 0.3) is 5.69 Å². The average molecular weight is 285 g/mol. The van der Waals surface area contributed by atoms with Gasteiger partial charge in [-0.15, -0.1) is 0 Å². The molecule has 104 valence electrons. The summed E-state index contributed by atoms with van der Waals surface area (Å²) in [6.07, 6.45) is 1.06. The van der Waals surface area contributed by atoms with Crippen molar-refractivity contribution in [3.8, 4) is 5.75 Å². The van der Waals surface area contributed by atoms with Crippen molar-refractivity contribution in [2.24, 2.45) is 0 Å². The SMILES string of the molecule is C=C(CNCCC)COc1ccc([N+](=O)[O-])cc1Cl. The van der Waals surface area contributed by atoms with Crippen LogP contribution < -0.4 is 10.1 Å². The molecular formula is C13H17ClN2O3. The van der Waals surface area contributed by atoms with E-state index >= 15 is 0 Å². The molecule has 0 saturated carbocycles. The molecule has 0 radical (unpaired) electrons. The molecule has 19 heavy (non-hydrogen) atoms. The third kappa shape index (κ3) is 5.28. The van der Waals surface area contributed by atoms with Crippen molar-refractivity contribution in [2.75, 3.05) is 19.7 Å². The lowest BCUT2D eigenvalue weighted by Gasteiger charge is -2.10. The van der Waals surface area contributed by atoms with E-state index in [-0.39, 0.29) is 10.7 Å². The van der Waals surface area contributed by atoms with Crippen molar-refractivity contribution in [1.29, 1.82) is 0 Å². The number of nitro groups is 1. The lowest BCUT2D eigenvalue weighted by atomic mass is 10.3. The molecule has 0 atom stereocenters. The molecule has 1 rings (SSSR count). The number of benzene rings is 1. The normalized spacial score (nSPS) is 10.2. The highest BCUT2D eigenvalue weighted by Crippen LogP contribution is 2.28. The summed E-state index contributed by atoms with van der Waals surface area (Å²) in [6, 6.07) is 4.13. The Morgan fingerprint density at radius 2 is 2.32 bits per heavy atom. The number of hydrogen-bond acceptors (Lipinski definition) is 4. The molecule has 0 aliphatic carbocycles. The minimum Gasteiger partial charge on any atom is -0.488 e. The van der Waals surface area contributed by atoms with E-state index in [1.807, 2.05) is 0 Å². The number of nitro benzene ring substituents is 1. The second-order valence-corrected chi connectivity index (χ2v) is 4.49. The summed E-state index contributed by atoms with van der Waals surface area (Å²) in [6.45, 7) is 7.90. The third-order valence-electron chi connectivity index (χ3n) is 2.36. The van der Waals surface area contributed by atoms with Crippen molar-refractivity contribution in [3.05, 3.63) is 45.5 Å². The van der Waals surface area contributed by atoms with Crippen LogP contribution in [0, 0.1) is 10.1 Å². The van der Waals surface area contributed by atoms with Gasteiger partial charge in [-0.25, -0.2) is 0 Å². The summed E-state index contributed by atoms with van der Waals surface area (Å²) in [7, 11) is 0. The molecule has 5 nitrogen and oxygen atoms in total. The highest BCUT2D eigenvalue weighted by molar-refractivity contribution is 6.32. The van der Waals surface area contributed by atoms with E-state index in [1.54, 1.807) is 0 Å². The zero-order valence-electron chi connectivity index (χ0n) is 10.8. The second-order valence-electron chi connectivity index (χ2n) is 4.09. The minimum absolute atomic E-state index is 0.0548. The van der Waals surface area contributed by atoms with Gasteiger partial charge in [0.2, 0.25) is 0 Å². The number of halogens is 1. The van der Waals surface area contributed by atoms with Crippen molar-refractivity contribution in [2.45, 2.75) is 13.3 Å². The quantitative estimate of drug-likeness (QED) is 0.345. The molecule has 0 aromatic heterocycles. The molecule has 0 spiro atoms. The molecular weight excluding hydrogens is 268 g/mol. The molecule has 0 unspecified atom stereocenters. The average Bonchev–Trinajstić information content (AvgIpc) is 2.37. The maximum atomic E-state index is 10.6. The van der Waals surface area contributed by atoms with Crippen LogP contribution in [0.2, 0.25) is 5.02 Å². The number of non-ortho nitro benzene ring substituents is 1. The second kappa shape index (κ2) is 7.76. The van der Waals surface area contributed by atoms with Gasteiger partial charge in [-0.1, -0.05) is 25.1 Å². The van der Waals surface area contributed by atoms with Crippen LogP contribution in [0.4, 0.5) is 5.69 Å². The zero-order chi connectivity index (χ0) is 14.3. The van der Waals surface area contributed by atoms with E-state index < -0.39 is 4.92 Å².